The first-order valence-corrected chi connectivity index (χ1v) is 6.41. The van der Waals surface area contributed by atoms with Gasteiger partial charge in [0.05, 0.1) is 6.10 Å². The van der Waals surface area contributed by atoms with Gasteiger partial charge in [-0.2, -0.15) is 0 Å². The molecule has 1 nitrogen and oxygen atoms in total. The maximum absolute atomic E-state index is 13.6. The minimum Gasteiger partial charge on any atom is -0.388 e. The van der Waals surface area contributed by atoms with Crippen molar-refractivity contribution in [2.24, 2.45) is 0 Å². The summed E-state index contributed by atoms with van der Waals surface area (Å²) >= 11 is 11.7. The van der Waals surface area contributed by atoms with Crippen LogP contribution >= 0.6 is 23.2 Å². The molecule has 1 unspecified atom stereocenters. The fourth-order valence-electron chi connectivity index (χ4n) is 1.82. The predicted molar refractivity (Wildman–Crippen MR) is 71.4 cm³/mol. The number of aliphatic hydroxyl groups is 1. The van der Waals surface area contributed by atoms with E-state index in [2.05, 4.69) is 0 Å². The summed E-state index contributed by atoms with van der Waals surface area (Å²) in [5, 5.41) is 10.7. The maximum atomic E-state index is 13.6. The Bertz CT molecular complexity index is 647. The molecular weight excluding hydrogens is 312 g/mol. The van der Waals surface area contributed by atoms with Crippen molar-refractivity contribution >= 4 is 23.2 Å². The Balaban J connectivity index is 2.31. The molecule has 0 aliphatic carbocycles. The van der Waals surface area contributed by atoms with Crippen LogP contribution in [0.2, 0.25) is 10.0 Å². The molecule has 0 bridgehead atoms. The van der Waals surface area contributed by atoms with Gasteiger partial charge in [0.1, 0.15) is 0 Å². The van der Waals surface area contributed by atoms with Crippen molar-refractivity contribution in [1.29, 1.82) is 0 Å². The molecule has 0 aliphatic heterocycles. The summed E-state index contributed by atoms with van der Waals surface area (Å²) in [5.74, 6) is -4.33. The van der Waals surface area contributed by atoms with E-state index in [0.717, 1.165) is 12.1 Å². The van der Waals surface area contributed by atoms with Gasteiger partial charge in [-0.25, -0.2) is 13.2 Å². The molecule has 6 heteroatoms. The Morgan fingerprint density at radius 3 is 2.40 bits per heavy atom. The molecule has 0 aromatic heterocycles. The number of hydrogen-bond acceptors (Lipinski definition) is 1. The number of benzene rings is 2. The second-order valence-corrected chi connectivity index (χ2v) is 5.06. The molecule has 2 rings (SSSR count). The Kier molecular flexibility index (Phi) is 4.58. The zero-order valence-electron chi connectivity index (χ0n) is 10.0. The van der Waals surface area contributed by atoms with Crippen molar-refractivity contribution in [3.8, 4) is 0 Å². The third-order valence-electron chi connectivity index (χ3n) is 2.85. The van der Waals surface area contributed by atoms with Crippen LogP contribution in [0.1, 0.15) is 17.2 Å². The lowest BCUT2D eigenvalue weighted by atomic mass is 10.0. The number of hydrogen-bond donors (Lipinski definition) is 1. The van der Waals surface area contributed by atoms with Gasteiger partial charge in [0.2, 0.25) is 0 Å². The summed E-state index contributed by atoms with van der Waals surface area (Å²) in [5.41, 5.74) is 0.149. The van der Waals surface area contributed by atoms with Crippen LogP contribution in [-0.4, -0.2) is 5.11 Å². The second kappa shape index (κ2) is 6.04. The molecule has 0 heterocycles. The minimum atomic E-state index is -1.61. The summed E-state index contributed by atoms with van der Waals surface area (Å²) in [7, 11) is 0. The Labute approximate surface area is 123 Å². The summed E-state index contributed by atoms with van der Waals surface area (Å²) in [6.07, 6.45) is -1.43. The quantitative estimate of drug-likeness (QED) is 0.814. The molecule has 2 aromatic carbocycles. The normalized spacial score (nSPS) is 12.5. The molecule has 2 aromatic rings. The molecule has 1 atom stereocenters. The molecular formula is C14H9Cl2F3O. The Morgan fingerprint density at radius 2 is 1.70 bits per heavy atom. The average Bonchev–Trinajstić information content (AvgIpc) is 2.40. The second-order valence-electron chi connectivity index (χ2n) is 4.22. The highest BCUT2D eigenvalue weighted by atomic mass is 35.5. The van der Waals surface area contributed by atoms with Gasteiger partial charge < -0.3 is 5.11 Å². The SMILES string of the molecule is OC(Cc1cc(Cl)ccc1Cl)c1ccc(F)c(F)c1F. The first-order valence-electron chi connectivity index (χ1n) is 5.65. The number of rotatable bonds is 3. The van der Waals surface area contributed by atoms with E-state index in [0.29, 0.717) is 15.6 Å². The Morgan fingerprint density at radius 1 is 1.00 bits per heavy atom. The van der Waals surface area contributed by atoms with Gasteiger partial charge >= 0.3 is 0 Å². The monoisotopic (exact) mass is 320 g/mol. The van der Waals surface area contributed by atoms with E-state index < -0.39 is 23.6 Å². The smallest absolute Gasteiger partial charge is 0.194 e. The van der Waals surface area contributed by atoms with Crippen molar-refractivity contribution in [1.82, 2.24) is 0 Å². The fraction of sp³-hybridized carbons (Fsp3) is 0.143. The van der Waals surface area contributed by atoms with E-state index in [9.17, 15) is 18.3 Å². The van der Waals surface area contributed by atoms with Gasteiger partial charge in [-0.05, 0) is 29.8 Å². The molecule has 0 aliphatic rings. The third-order valence-corrected chi connectivity index (χ3v) is 3.45. The molecule has 1 N–H and O–H groups in total. The van der Waals surface area contributed by atoms with Gasteiger partial charge in [-0.15, -0.1) is 0 Å². The molecule has 0 saturated heterocycles. The van der Waals surface area contributed by atoms with Crippen molar-refractivity contribution in [3.05, 3.63) is 69.0 Å². The zero-order valence-corrected chi connectivity index (χ0v) is 11.5. The van der Waals surface area contributed by atoms with E-state index in [-0.39, 0.29) is 12.0 Å². The van der Waals surface area contributed by atoms with Crippen LogP contribution in [0, 0.1) is 17.5 Å². The highest BCUT2D eigenvalue weighted by molar-refractivity contribution is 6.33. The van der Waals surface area contributed by atoms with Gasteiger partial charge in [0.25, 0.3) is 0 Å². The van der Waals surface area contributed by atoms with E-state index in [1.165, 1.54) is 12.1 Å². The van der Waals surface area contributed by atoms with Crippen LogP contribution in [0.15, 0.2) is 30.3 Å². The van der Waals surface area contributed by atoms with E-state index in [1.54, 1.807) is 6.07 Å². The van der Waals surface area contributed by atoms with Gasteiger partial charge in [-0.3, -0.25) is 0 Å². The lowest BCUT2D eigenvalue weighted by Gasteiger charge is -2.14. The predicted octanol–water partition coefficient (Wildman–Crippen LogP) is 4.69. The van der Waals surface area contributed by atoms with Gasteiger partial charge in [-0.1, -0.05) is 29.3 Å². The molecule has 20 heavy (non-hydrogen) atoms. The summed E-state index contributed by atoms with van der Waals surface area (Å²) in [6, 6.07) is 6.38. The van der Waals surface area contributed by atoms with Crippen LogP contribution in [0.25, 0.3) is 0 Å². The van der Waals surface area contributed by atoms with Crippen molar-refractivity contribution in [2.75, 3.05) is 0 Å². The minimum absolute atomic E-state index is 0.0681. The Hall–Kier alpha value is -1.23. The van der Waals surface area contributed by atoms with Crippen molar-refractivity contribution < 1.29 is 18.3 Å². The molecule has 106 valence electrons. The highest BCUT2D eigenvalue weighted by Gasteiger charge is 2.20. The zero-order chi connectivity index (χ0) is 14.9. The fourth-order valence-corrected chi connectivity index (χ4v) is 2.21. The molecule has 0 amide bonds. The van der Waals surface area contributed by atoms with Crippen LogP contribution in [0.5, 0.6) is 0 Å². The molecule has 0 fully saturated rings. The summed E-state index contributed by atoms with van der Waals surface area (Å²) < 4.78 is 39.5. The van der Waals surface area contributed by atoms with E-state index in [1.807, 2.05) is 0 Å². The van der Waals surface area contributed by atoms with Crippen molar-refractivity contribution in [3.63, 3.8) is 0 Å². The lowest BCUT2D eigenvalue weighted by molar-refractivity contribution is 0.172. The number of halogens is 5. The van der Waals surface area contributed by atoms with Gasteiger partial charge in [0.15, 0.2) is 17.5 Å². The molecule has 0 radical (unpaired) electrons. The summed E-state index contributed by atoms with van der Waals surface area (Å²) in [4.78, 5) is 0. The summed E-state index contributed by atoms with van der Waals surface area (Å²) in [6.45, 7) is 0. The van der Waals surface area contributed by atoms with E-state index >= 15 is 0 Å². The van der Waals surface area contributed by atoms with Crippen LogP contribution in [-0.2, 0) is 6.42 Å². The van der Waals surface area contributed by atoms with E-state index in [4.69, 9.17) is 23.2 Å². The standard InChI is InChI=1S/C14H9Cl2F3O/c15-8-1-3-10(16)7(5-8)6-12(20)9-2-4-11(17)14(19)13(9)18/h1-5,12,20H,6H2. The largest absolute Gasteiger partial charge is 0.388 e. The molecule has 0 saturated carbocycles. The van der Waals surface area contributed by atoms with Crippen molar-refractivity contribution in [2.45, 2.75) is 12.5 Å². The topological polar surface area (TPSA) is 20.2 Å². The number of aliphatic hydroxyl groups excluding tert-OH is 1. The molecule has 0 spiro atoms. The lowest BCUT2D eigenvalue weighted by Crippen LogP contribution is -2.07. The first kappa shape index (κ1) is 15.2. The maximum Gasteiger partial charge on any atom is 0.194 e. The average molecular weight is 321 g/mol. The van der Waals surface area contributed by atoms with Crippen LogP contribution in [0.4, 0.5) is 13.2 Å². The third kappa shape index (κ3) is 3.08. The van der Waals surface area contributed by atoms with Gasteiger partial charge in [0, 0.05) is 22.0 Å². The van der Waals surface area contributed by atoms with Crippen LogP contribution < -0.4 is 0 Å². The highest BCUT2D eigenvalue weighted by Crippen LogP contribution is 2.28. The van der Waals surface area contributed by atoms with Crippen LogP contribution in [0.3, 0.4) is 0 Å². The first-order chi connectivity index (χ1) is 9.40.